The van der Waals surface area contributed by atoms with Gasteiger partial charge in [-0.25, -0.2) is 4.79 Å². The molecule has 0 heterocycles. The third kappa shape index (κ3) is 16.4. The van der Waals surface area contributed by atoms with Crippen LogP contribution < -0.4 is 32.3 Å². The molecule has 16 nitrogen and oxygen atoms in total. The molecule has 52 heavy (non-hydrogen) atoms. The number of hydrogen-bond donors (Lipinski definition) is 9. The summed E-state index contributed by atoms with van der Waals surface area (Å²) in [6.45, 7) is 8.35. The molecule has 10 N–H and O–H groups in total. The van der Waals surface area contributed by atoms with Crippen LogP contribution in [0.2, 0.25) is 0 Å². The van der Waals surface area contributed by atoms with Gasteiger partial charge in [0.1, 0.15) is 30.2 Å². The van der Waals surface area contributed by atoms with E-state index in [1.54, 1.807) is 64.3 Å². The third-order valence-corrected chi connectivity index (χ3v) is 8.99. The van der Waals surface area contributed by atoms with E-state index in [1.165, 1.54) is 18.7 Å². The molecule has 0 radical (unpaired) electrons. The molecule has 1 aromatic rings. The smallest absolute Gasteiger partial charge is 0.326 e. The minimum absolute atomic E-state index is 0.0434. The zero-order chi connectivity index (χ0) is 39.5. The van der Waals surface area contributed by atoms with Crippen LogP contribution in [0.15, 0.2) is 30.3 Å². The highest BCUT2D eigenvalue weighted by Crippen LogP contribution is 2.13. The normalized spacial score (nSPS) is 15.8. The number of carboxylic acid groups (broad SMARTS) is 2. The minimum atomic E-state index is -1.59. The van der Waals surface area contributed by atoms with Gasteiger partial charge in [-0.3, -0.25) is 28.8 Å². The number of thioether (sulfide) groups is 1. The number of nitrogens with two attached hydrogens (primary N) is 1. The Hall–Kier alpha value is -4.22. The number of aliphatic hydroxyl groups excluding tert-OH is 1. The molecule has 0 aliphatic carbocycles. The van der Waals surface area contributed by atoms with E-state index in [0.717, 1.165) is 0 Å². The molecule has 17 heteroatoms. The maximum Gasteiger partial charge on any atom is 0.326 e. The van der Waals surface area contributed by atoms with Crippen LogP contribution in [0, 0.1) is 11.8 Å². The molecule has 5 amide bonds. The summed E-state index contributed by atoms with van der Waals surface area (Å²) in [5.74, 6) is -6.39. The Morgan fingerprint density at radius 1 is 0.731 bits per heavy atom. The minimum Gasteiger partial charge on any atom is -0.481 e. The number of carbonyl (C=O) groups excluding carboxylic acids is 5. The molecule has 0 aromatic heterocycles. The lowest BCUT2D eigenvalue weighted by Gasteiger charge is -2.30. The van der Waals surface area contributed by atoms with Gasteiger partial charge in [0, 0.05) is 12.8 Å². The third-order valence-electron chi connectivity index (χ3n) is 8.34. The molecular weight excluding hydrogens is 696 g/mol. The van der Waals surface area contributed by atoms with E-state index in [0.29, 0.717) is 17.7 Å². The standard InChI is InChI=1S/C35H56N6O10S/c1-7-20(4)28(33(48)39-26(35(50)51)17-19(2)3)40-34(49)29(21(5)42)41-32(47)25(18-22-11-9-8-10-12-22)38-31(46)24(15-16-52-6)37-30(45)23(36)13-14-27(43)44/h8-12,19-21,23-26,28-29,42H,7,13-18,36H2,1-6H3,(H,37,45)(H,38,46)(H,39,48)(H,40,49)(H,41,47)(H,43,44)(H,50,51)/t20-,21+,23-,24-,25-,26-,28-,29-/m0/s1. The van der Waals surface area contributed by atoms with Crippen LogP contribution in [0.4, 0.5) is 0 Å². The second kappa shape index (κ2) is 23.4. The molecule has 0 aliphatic heterocycles. The van der Waals surface area contributed by atoms with Crippen molar-refractivity contribution in [3.8, 4) is 0 Å². The zero-order valence-electron chi connectivity index (χ0n) is 30.7. The average molecular weight is 753 g/mol. The molecule has 0 saturated carbocycles. The van der Waals surface area contributed by atoms with Crippen molar-refractivity contribution in [1.82, 2.24) is 26.6 Å². The highest BCUT2D eigenvalue weighted by Gasteiger charge is 2.36. The fourth-order valence-corrected chi connectivity index (χ4v) is 5.55. The van der Waals surface area contributed by atoms with Gasteiger partial charge in [0.05, 0.1) is 12.1 Å². The van der Waals surface area contributed by atoms with Crippen LogP contribution in [-0.2, 0) is 40.0 Å². The molecular formula is C35H56N6O10S. The van der Waals surface area contributed by atoms with E-state index in [1.807, 2.05) is 0 Å². The fourth-order valence-electron chi connectivity index (χ4n) is 5.08. The van der Waals surface area contributed by atoms with Crippen LogP contribution >= 0.6 is 11.8 Å². The molecule has 1 aromatic carbocycles. The van der Waals surface area contributed by atoms with Crippen molar-refractivity contribution >= 4 is 53.2 Å². The average Bonchev–Trinajstić information content (AvgIpc) is 3.08. The largest absolute Gasteiger partial charge is 0.481 e. The number of benzene rings is 1. The monoisotopic (exact) mass is 752 g/mol. The van der Waals surface area contributed by atoms with Crippen molar-refractivity contribution in [2.24, 2.45) is 17.6 Å². The van der Waals surface area contributed by atoms with Crippen molar-refractivity contribution in [2.75, 3.05) is 12.0 Å². The molecule has 292 valence electrons. The van der Waals surface area contributed by atoms with E-state index in [4.69, 9.17) is 10.8 Å². The Morgan fingerprint density at radius 2 is 1.27 bits per heavy atom. The fraction of sp³-hybridized carbons (Fsp3) is 0.629. The topological polar surface area (TPSA) is 266 Å². The number of aliphatic hydroxyl groups is 1. The number of amides is 5. The van der Waals surface area contributed by atoms with E-state index < -0.39 is 89.7 Å². The quantitative estimate of drug-likeness (QED) is 0.0684. The summed E-state index contributed by atoms with van der Waals surface area (Å²) in [6, 6.07) is 1.03. The van der Waals surface area contributed by atoms with Gasteiger partial charge in [0.2, 0.25) is 29.5 Å². The molecule has 1 rings (SSSR count). The van der Waals surface area contributed by atoms with Crippen molar-refractivity contribution in [3.05, 3.63) is 35.9 Å². The Morgan fingerprint density at radius 3 is 1.79 bits per heavy atom. The van der Waals surface area contributed by atoms with Gasteiger partial charge in [-0.1, -0.05) is 64.4 Å². The first-order valence-corrected chi connectivity index (χ1v) is 18.7. The summed E-state index contributed by atoms with van der Waals surface area (Å²) >= 11 is 1.41. The van der Waals surface area contributed by atoms with Crippen LogP contribution in [0.1, 0.15) is 72.3 Å². The molecule has 0 bridgehead atoms. The Balaban J connectivity index is 3.32. The van der Waals surface area contributed by atoms with Crippen molar-refractivity contribution in [1.29, 1.82) is 0 Å². The highest BCUT2D eigenvalue weighted by molar-refractivity contribution is 7.98. The molecule has 0 aliphatic rings. The van der Waals surface area contributed by atoms with Crippen LogP contribution in [0.3, 0.4) is 0 Å². The predicted octanol–water partition coefficient (Wildman–Crippen LogP) is 0.156. The zero-order valence-corrected chi connectivity index (χ0v) is 31.5. The number of carboxylic acids is 2. The molecule has 0 unspecified atom stereocenters. The van der Waals surface area contributed by atoms with Gasteiger partial charge in [-0.05, 0) is 55.6 Å². The second-order valence-corrected chi connectivity index (χ2v) is 14.2. The number of rotatable bonds is 24. The summed E-state index contributed by atoms with van der Waals surface area (Å²) in [7, 11) is 0. The lowest BCUT2D eigenvalue weighted by atomic mass is 9.96. The first kappa shape index (κ1) is 45.8. The van der Waals surface area contributed by atoms with E-state index in [2.05, 4.69) is 26.6 Å². The van der Waals surface area contributed by atoms with Crippen molar-refractivity contribution in [2.45, 2.75) is 115 Å². The highest BCUT2D eigenvalue weighted by atomic mass is 32.2. The first-order valence-electron chi connectivity index (χ1n) is 17.3. The number of carbonyl (C=O) groups is 7. The van der Waals surface area contributed by atoms with Gasteiger partial charge in [0.25, 0.3) is 0 Å². The van der Waals surface area contributed by atoms with E-state index in [9.17, 15) is 43.8 Å². The molecule has 0 saturated heterocycles. The van der Waals surface area contributed by atoms with Crippen LogP contribution in [0.5, 0.6) is 0 Å². The Kier molecular flexibility index (Phi) is 20.6. The predicted molar refractivity (Wildman–Crippen MR) is 196 cm³/mol. The van der Waals surface area contributed by atoms with Crippen LogP contribution in [-0.4, -0.2) is 111 Å². The van der Waals surface area contributed by atoms with Crippen molar-refractivity contribution < 1.29 is 48.9 Å². The number of nitrogens with one attached hydrogen (secondary N) is 5. The first-order chi connectivity index (χ1) is 24.4. The van der Waals surface area contributed by atoms with Gasteiger partial charge >= 0.3 is 11.9 Å². The van der Waals surface area contributed by atoms with Gasteiger partial charge in [0.15, 0.2) is 0 Å². The maximum absolute atomic E-state index is 13.8. The molecule has 8 atom stereocenters. The maximum atomic E-state index is 13.8. The van der Waals surface area contributed by atoms with Gasteiger partial charge in [-0.15, -0.1) is 0 Å². The number of hydrogen-bond acceptors (Lipinski definition) is 10. The lowest BCUT2D eigenvalue weighted by molar-refractivity contribution is -0.143. The summed E-state index contributed by atoms with van der Waals surface area (Å²) in [5, 5.41) is 41.9. The van der Waals surface area contributed by atoms with Gasteiger partial charge in [-0.2, -0.15) is 11.8 Å². The van der Waals surface area contributed by atoms with Crippen molar-refractivity contribution in [3.63, 3.8) is 0 Å². The summed E-state index contributed by atoms with van der Waals surface area (Å²) in [5.41, 5.74) is 6.50. The summed E-state index contributed by atoms with van der Waals surface area (Å²) in [6.07, 6.45) is 0.521. The van der Waals surface area contributed by atoms with E-state index >= 15 is 0 Å². The van der Waals surface area contributed by atoms with Crippen LogP contribution in [0.25, 0.3) is 0 Å². The molecule has 0 spiro atoms. The van der Waals surface area contributed by atoms with Gasteiger partial charge < -0.3 is 47.6 Å². The summed E-state index contributed by atoms with van der Waals surface area (Å²) in [4.78, 5) is 89.8. The SMILES string of the molecule is CC[C@H](C)[C@H](NC(=O)[C@@H](NC(=O)[C@H](Cc1ccccc1)NC(=O)[C@H](CCSC)NC(=O)[C@@H](N)CCC(=O)O)[C@@H](C)O)C(=O)N[C@@H](CC(C)C)C(=O)O. The van der Waals surface area contributed by atoms with E-state index in [-0.39, 0.29) is 38.0 Å². The molecule has 0 fully saturated rings. The lowest BCUT2D eigenvalue weighted by Crippen LogP contribution is -2.62. The Bertz CT molecular complexity index is 1350. The second-order valence-electron chi connectivity index (χ2n) is 13.3. The summed E-state index contributed by atoms with van der Waals surface area (Å²) < 4.78 is 0. The number of aliphatic carboxylic acids is 2. The Labute approximate surface area is 309 Å².